The Balaban J connectivity index is 1.61. The van der Waals surface area contributed by atoms with Gasteiger partial charge in [0.2, 0.25) is 10.0 Å². The molecule has 3 rings (SSSR count). The van der Waals surface area contributed by atoms with Gasteiger partial charge in [0.25, 0.3) is 0 Å². The summed E-state index contributed by atoms with van der Waals surface area (Å²) in [5.41, 5.74) is 0.584. The summed E-state index contributed by atoms with van der Waals surface area (Å²) in [5.74, 6) is 5.16. The molecule has 1 unspecified atom stereocenters. The predicted molar refractivity (Wildman–Crippen MR) is 116 cm³/mol. The van der Waals surface area contributed by atoms with Gasteiger partial charge in [0, 0.05) is 16.7 Å². The van der Waals surface area contributed by atoms with Crippen LogP contribution in [-0.4, -0.2) is 27.9 Å². The Morgan fingerprint density at radius 1 is 1.00 bits per heavy atom. The maximum atomic E-state index is 12.6. The molecule has 6 nitrogen and oxygen atoms in total. The van der Waals surface area contributed by atoms with Gasteiger partial charge in [0.1, 0.15) is 5.69 Å². The second kappa shape index (κ2) is 10.2. The second-order valence-electron chi connectivity index (χ2n) is 6.78. The monoisotopic (exact) mass is 493 g/mol. The molecule has 1 heterocycles. The van der Waals surface area contributed by atoms with E-state index in [0.29, 0.717) is 16.8 Å². The predicted octanol–water partition coefficient (Wildman–Crippen LogP) is 3.72. The first-order valence-electron chi connectivity index (χ1n) is 9.36. The highest BCUT2D eigenvalue weighted by molar-refractivity contribution is 7.92. The minimum Gasteiger partial charge on any atom is -0.768 e. The Kier molecular flexibility index (Phi) is 7.53. The number of hydrogen-bond donors (Lipinski definition) is 1. The van der Waals surface area contributed by atoms with Gasteiger partial charge >= 0.3 is 6.18 Å². The molecule has 1 N–H and O–H groups in total. The molecule has 0 bridgehead atoms. The molecule has 0 aliphatic rings. The second-order valence-corrected chi connectivity index (χ2v) is 9.53. The quantitative estimate of drug-likeness (QED) is 0.417. The van der Waals surface area contributed by atoms with Crippen molar-refractivity contribution in [2.24, 2.45) is 0 Å². The standard InChI is InChI=1S/C22H17F3N2O4S2/c23-22(24,25)18-9-5-16(6-10-18)7-11-19-12-8-17(15-26-19)13-14-33(30,31)27-20-3-1-2-4-21(20)32(28)29/h1-6,8-10,12,15,27H,13-14H2,(H,28,29)/p-1. The van der Waals surface area contributed by atoms with Gasteiger partial charge in [0.15, 0.2) is 0 Å². The number of sulfonamides is 1. The van der Waals surface area contributed by atoms with Gasteiger partial charge in [-0.3, -0.25) is 8.93 Å². The summed E-state index contributed by atoms with van der Waals surface area (Å²) in [4.78, 5) is 3.97. The number of pyridine rings is 1. The SMILES string of the molecule is O=S([O-])c1ccccc1NS(=O)(=O)CCc1ccc(C#Cc2ccc(C(F)(F)F)cc2)nc1. The van der Waals surface area contributed by atoms with Crippen LogP contribution in [0.25, 0.3) is 0 Å². The molecule has 0 aliphatic carbocycles. The zero-order valence-corrected chi connectivity index (χ0v) is 18.4. The van der Waals surface area contributed by atoms with Crippen LogP contribution in [0, 0.1) is 11.8 Å². The molecule has 0 spiro atoms. The molecule has 0 amide bonds. The van der Waals surface area contributed by atoms with Gasteiger partial charge < -0.3 is 4.55 Å². The van der Waals surface area contributed by atoms with Gasteiger partial charge in [0.05, 0.1) is 17.0 Å². The molecule has 0 radical (unpaired) electrons. The Morgan fingerprint density at radius 3 is 2.30 bits per heavy atom. The molecule has 0 saturated heterocycles. The Labute approximate surface area is 191 Å². The zero-order chi connectivity index (χ0) is 24.1. The number of nitrogens with one attached hydrogen (secondary N) is 1. The summed E-state index contributed by atoms with van der Waals surface area (Å²) in [6.07, 6.45) is -2.84. The summed E-state index contributed by atoms with van der Waals surface area (Å²) < 4.78 is 87.1. The van der Waals surface area contributed by atoms with Crippen LogP contribution in [-0.2, 0) is 33.7 Å². The van der Waals surface area contributed by atoms with E-state index < -0.39 is 32.8 Å². The number of halogens is 3. The van der Waals surface area contributed by atoms with Crippen LogP contribution in [0.5, 0.6) is 0 Å². The van der Waals surface area contributed by atoms with E-state index >= 15 is 0 Å². The number of aromatic nitrogens is 1. The van der Waals surface area contributed by atoms with E-state index in [2.05, 4.69) is 21.5 Å². The van der Waals surface area contributed by atoms with Crippen LogP contribution in [0.2, 0.25) is 0 Å². The Bertz CT molecular complexity index is 1310. The molecule has 1 aromatic heterocycles. The minimum atomic E-state index is -4.41. The van der Waals surface area contributed by atoms with Crippen molar-refractivity contribution in [2.75, 3.05) is 10.5 Å². The molecular formula is C22H16F3N2O4S2-. The van der Waals surface area contributed by atoms with Crippen molar-refractivity contribution in [1.82, 2.24) is 4.98 Å². The fourth-order valence-corrected chi connectivity index (χ4v) is 4.36. The van der Waals surface area contributed by atoms with E-state index in [9.17, 15) is 30.4 Å². The molecule has 0 fully saturated rings. The first-order valence-corrected chi connectivity index (χ1v) is 12.1. The highest BCUT2D eigenvalue weighted by atomic mass is 32.2. The minimum absolute atomic E-state index is 0.0298. The topological polar surface area (TPSA) is 99.2 Å². The lowest BCUT2D eigenvalue weighted by molar-refractivity contribution is -0.137. The fourth-order valence-electron chi connectivity index (χ4n) is 2.69. The van der Waals surface area contributed by atoms with Crippen molar-refractivity contribution in [3.8, 4) is 11.8 Å². The summed E-state index contributed by atoms with van der Waals surface area (Å²) >= 11 is -2.59. The largest absolute Gasteiger partial charge is 0.768 e. The molecular weight excluding hydrogens is 477 g/mol. The fraction of sp³-hybridized carbons (Fsp3) is 0.136. The summed E-state index contributed by atoms with van der Waals surface area (Å²) in [7, 11) is -3.82. The molecule has 11 heteroatoms. The van der Waals surface area contributed by atoms with Gasteiger partial charge in [-0.2, -0.15) is 13.2 Å². The molecule has 0 aliphatic heterocycles. The van der Waals surface area contributed by atoms with Crippen LogP contribution in [0.4, 0.5) is 18.9 Å². The van der Waals surface area contributed by atoms with Crippen LogP contribution in [0.15, 0.2) is 71.8 Å². The first kappa shape index (κ1) is 24.4. The number of aryl methyl sites for hydroxylation is 1. The normalized spacial score (nSPS) is 12.5. The van der Waals surface area contributed by atoms with Crippen LogP contribution < -0.4 is 4.72 Å². The molecule has 1 atom stereocenters. The van der Waals surface area contributed by atoms with Crippen molar-refractivity contribution in [3.05, 3.63) is 89.2 Å². The third-order valence-electron chi connectivity index (χ3n) is 4.36. The molecule has 0 saturated carbocycles. The molecule has 33 heavy (non-hydrogen) atoms. The van der Waals surface area contributed by atoms with Gasteiger partial charge in [-0.25, -0.2) is 13.4 Å². The lowest BCUT2D eigenvalue weighted by Gasteiger charge is -2.13. The maximum Gasteiger partial charge on any atom is 0.416 e. The van der Waals surface area contributed by atoms with Gasteiger partial charge in [-0.05, 0) is 71.4 Å². The number of benzene rings is 2. The third-order valence-corrected chi connectivity index (χ3v) is 6.35. The number of hydrogen-bond acceptors (Lipinski definition) is 5. The lowest BCUT2D eigenvalue weighted by Crippen LogP contribution is -2.19. The van der Waals surface area contributed by atoms with E-state index in [-0.39, 0.29) is 22.8 Å². The number of anilines is 1. The molecule has 3 aromatic rings. The van der Waals surface area contributed by atoms with Crippen molar-refractivity contribution >= 4 is 26.8 Å². The molecule has 172 valence electrons. The van der Waals surface area contributed by atoms with E-state index in [4.69, 9.17) is 0 Å². The van der Waals surface area contributed by atoms with E-state index in [1.807, 2.05) is 0 Å². The summed E-state index contributed by atoms with van der Waals surface area (Å²) in [6.45, 7) is 0. The lowest BCUT2D eigenvalue weighted by atomic mass is 10.1. The zero-order valence-electron chi connectivity index (χ0n) is 16.8. The average molecular weight is 494 g/mol. The van der Waals surface area contributed by atoms with Crippen LogP contribution in [0.3, 0.4) is 0 Å². The van der Waals surface area contributed by atoms with Crippen LogP contribution >= 0.6 is 0 Å². The smallest absolute Gasteiger partial charge is 0.416 e. The number of rotatable bonds is 6. The third kappa shape index (κ3) is 7.15. The van der Waals surface area contributed by atoms with Crippen molar-refractivity contribution in [2.45, 2.75) is 17.5 Å². The van der Waals surface area contributed by atoms with E-state index in [0.717, 1.165) is 12.1 Å². The van der Waals surface area contributed by atoms with E-state index in [1.165, 1.54) is 42.6 Å². The average Bonchev–Trinajstić information content (AvgIpc) is 2.77. The highest BCUT2D eigenvalue weighted by Gasteiger charge is 2.29. The summed E-state index contributed by atoms with van der Waals surface area (Å²) in [5, 5.41) is 0. The number of para-hydroxylation sites is 1. The van der Waals surface area contributed by atoms with Crippen molar-refractivity contribution in [1.29, 1.82) is 0 Å². The number of nitrogens with zero attached hydrogens (tertiary/aromatic N) is 1. The summed E-state index contributed by atoms with van der Waals surface area (Å²) in [6, 6.07) is 13.3. The Morgan fingerprint density at radius 2 is 1.70 bits per heavy atom. The van der Waals surface area contributed by atoms with Crippen molar-refractivity contribution < 1.29 is 30.4 Å². The first-order chi connectivity index (χ1) is 15.5. The highest BCUT2D eigenvalue weighted by Crippen LogP contribution is 2.29. The maximum absolute atomic E-state index is 12.6. The number of alkyl halides is 3. The van der Waals surface area contributed by atoms with Crippen molar-refractivity contribution in [3.63, 3.8) is 0 Å². The van der Waals surface area contributed by atoms with Gasteiger partial charge in [-0.1, -0.05) is 24.1 Å². The molecule has 2 aromatic carbocycles. The van der Waals surface area contributed by atoms with Crippen LogP contribution in [0.1, 0.15) is 22.4 Å². The van der Waals surface area contributed by atoms with Gasteiger partial charge in [-0.15, -0.1) is 0 Å². The Hall–Kier alpha value is -3.20. The van der Waals surface area contributed by atoms with E-state index in [1.54, 1.807) is 12.1 Å².